The summed E-state index contributed by atoms with van der Waals surface area (Å²) in [4.78, 5) is 11.8. The molecule has 0 saturated carbocycles. The van der Waals surface area contributed by atoms with Gasteiger partial charge >= 0.3 is 0 Å². The number of aryl methyl sites for hydroxylation is 2. The largest absolute Gasteiger partial charge is 0.399 e. The molecule has 20 heavy (non-hydrogen) atoms. The minimum absolute atomic E-state index is 0.157. The van der Waals surface area contributed by atoms with Crippen molar-refractivity contribution in [1.82, 2.24) is 0 Å². The lowest BCUT2D eigenvalue weighted by Gasteiger charge is -2.05. The van der Waals surface area contributed by atoms with Crippen LogP contribution >= 0.6 is 0 Å². The highest BCUT2D eigenvalue weighted by molar-refractivity contribution is 6.02. The van der Waals surface area contributed by atoms with E-state index in [0.717, 1.165) is 16.8 Å². The van der Waals surface area contributed by atoms with Crippen molar-refractivity contribution >= 4 is 23.4 Å². The van der Waals surface area contributed by atoms with E-state index in [0.29, 0.717) is 5.69 Å². The Balaban J connectivity index is 2.03. The number of benzene rings is 2. The second-order valence-corrected chi connectivity index (χ2v) is 4.79. The molecule has 3 nitrogen and oxygen atoms in total. The topological polar surface area (TPSA) is 55.1 Å². The summed E-state index contributed by atoms with van der Waals surface area (Å²) in [6.07, 6.45) is 3.25. The summed E-state index contributed by atoms with van der Waals surface area (Å²) < 4.78 is 0. The van der Waals surface area contributed by atoms with Crippen LogP contribution in [0.2, 0.25) is 0 Å². The van der Waals surface area contributed by atoms with Crippen LogP contribution in [0.15, 0.2) is 48.5 Å². The number of rotatable bonds is 3. The van der Waals surface area contributed by atoms with Gasteiger partial charge in [-0.1, -0.05) is 18.2 Å². The summed E-state index contributed by atoms with van der Waals surface area (Å²) in [5, 5.41) is 2.84. The number of anilines is 2. The highest BCUT2D eigenvalue weighted by Gasteiger charge is 1.99. The molecule has 0 unspecified atom stereocenters. The number of hydrogen-bond donors (Lipinski definition) is 2. The van der Waals surface area contributed by atoms with Gasteiger partial charge in [0.05, 0.1) is 0 Å². The monoisotopic (exact) mass is 266 g/mol. The minimum Gasteiger partial charge on any atom is -0.399 e. The molecular formula is C17H18N2O. The highest BCUT2D eigenvalue weighted by Crippen LogP contribution is 2.14. The van der Waals surface area contributed by atoms with Crippen LogP contribution in [-0.4, -0.2) is 5.91 Å². The lowest BCUT2D eigenvalue weighted by molar-refractivity contribution is -0.111. The summed E-state index contributed by atoms with van der Waals surface area (Å²) in [6.45, 7) is 4.06. The molecular weight excluding hydrogens is 248 g/mol. The molecule has 0 heterocycles. The van der Waals surface area contributed by atoms with E-state index in [9.17, 15) is 4.79 Å². The van der Waals surface area contributed by atoms with E-state index in [1.807, 2.05) is 56.3 Å². The lowest BCUT2D eigenvalue weighted by atomic mass is 10.1. The third-order valence-electron chi connectivity index (χ3n) is 3.11. The van der Waals surface area contributed by atoms with Gasteiger partial charge in [0.15, 0.2) is 0 Å². The van der Waals surface area contributed by atoms with E-state index in [1.54, 1.807) is 6.08 Å². The standard InChI is InChI=1S/C17H18N2O/c1-12-6-8-16(10-13(12)2)19-17(20)9-7-14-4-3-5-15(18)11-14/h3-11H,18H2,1-2H3,(H,19,20)/b9-7+. The molecule has 0 aliphatic rings. The number of carbonyl (C=O) groups is 1. The van der Waals surface area contributed by atoms with E-state index in [1.165, 1.54) is 11.6 Å². The molecule has 0 radical (unpaired) electrons. The molecule has 2 aromatic rings. The third kappa shape index (κ3) is 3.72. The normalized spacial score (nSPS) is 10.7. The van der Waals surface area contributed by atoms with Gasteiger partial charge in [0.2, 0.25) is 5.91 Å². The molecule has 3 N–H and O–H groups in total. The molecule has 2 rings (SSSR count). The number of hydrogen-bond acceptors (Lipinski definition) is 2. The molecule has 3 heteroatoms. The van der Waals surface area contributed by atoms with Crippen molar-refractivity contribution in [2.75, 3.05) is 11.1 Å². The number of amides is 1. The second kappa shape index (κ2) is 6.06. The molecule has 0 atom stereocenters. The van der Waals surface area contributed by atoms with Crippen LogP contribution in [0.1, 0.15) is 16.7 Å². The zero-order valence-electron chi connectivity index (χ0n) is 11.7. The Morgan fingerprint density at radius 1 is 1.10 bits per heavy atom. The van der Waals surface area contributed by atoms with E-state index in [4.69, 9.17) is 5.73 Å². The Kier molecular flexibility index (Phi) is 4.20. The lowest BCUT2D eigenvalue weighted by Crippen LogP contribution is -2.07. The number of nitrogens with one attached hydrogen (secondary N) is 1. The maximum atomic E-state index is 11.8. The maximum Gasteiger partial charge on any atom is 0.248 e. The first kappa shape index (κ1) is 13.9. The Morgan fingerprint density at radius 3 is 2.60 bits per heavy atom. The van der Waals surface area contributed by atoms with Gasteiger partial charge in [0, 0.05) is 17.5 Å². The van der Waals surface area contributed by atoms with Gasteiger partial charge in [0.25, 0.3) is 0 Å². The average molecular weight is 266 g/mol. The second-order valence-electron chi connectivity index (χ2n) is 4.79. The molecule has 0 aliphatic heterocycles. The quantitative estimate of drug-likeness (QED) is 0.659. The van der Waals surface area contributed by atoms with Gasteiger partial charge in [0.1, 0.15) is 0 Å². The molecule has 0 aromatic heterocycles. The highest BCUT2D eigenvalue weighted by atomic mass is 16.1. The first-order valence-corrected chi connectivity index (χ1v) is 6.46. The molecule has 0 bridgehead atoms. The van der Waals surface area contributed by atoms with Gasteiger partial charge < -0.3 is 11.1 Å². The number of nitrogens with two attached hydrogens (primary N) is 1. The van der Waals surface area contributed by atoms with Crippen LogP contribution in [0.3, 0.4) is 0 Å². The van der Waals surface area contributed by atoms with Gasteiger partial charge in [-0.25, -0.2) is 0 Å². The summed E-state index contributed by atoms with van der Waals surface area (Å²) in [5.74, 6) is -0.157. The van der Waals surface area contributed by atoms with Crippen molar-refractivity contribution in [3.05, 3.63) is 65.2 Å². The number of carbonyl (C=O) groups excluding carboxylic acids is 1. The molecule has 0 spiro atoms. The van der Waals surface area contributed by atoms with E-state index < -0.39 is 0 Å². The zero-order chi connectivity index (χ0) is 14.5. The van der Waals surface area contributed by atoms with Crippen LogP contribution in [-0.2, 0) is 4.79 Å². The summed E-state index contributed by atoms with van der Waals surface area (Å²) >= 11 is 0. The van der Waals surface area contributed by atoms with E-state index >= 15 is 0 Å². The van der Waals surface area contributed by atoms with Crippen molar-refractivity contribution in [2.24, 2.45) is 0 Å². The molecule has 102 valence electrons. The maximum absolute atomic E-state index is 11.8. The van der Waals surface area contributed by atoms with Gasteiger partial charge in [-0.3, -0.25) is 4.79 Å². The Hall–Kier alpha value is -2.55. The van der Waals surface area contributed by atoms with Gasteiger partial charge in [-0.05, 0) is 60.9 Å². The van der Waals surface area contributed by atoms with Gasteiger partial charge in [-0.2, -0.15) is 0 Å². The summed E-state index contributed by atoms with van der Waals surface area (Å²) in [6, 6.07) is 13.2. The Bertz CT molecular complexity index is 660. The van der Waals surface area contributed by atoms with Crippen LogP contribution in [0.4, 0.5) is 11.4 Å². The van der Waals surface area contributed by atoms with Crippen LogP contribution in [0, 0.1) is 13.8 Å². The average Bonchev–Trinajstić information content (AvgIpc) is 2.41. The first-order chi connectivity index (χ1) is 9.54. The Labute approximate surface area is 119 Å². The molecule has 1 amide bonds. The number of nitrogen functional groups attached to an aromatic ring is 1. The fourth-order valence-corrected chi connectivity index (χ4v) is 1.84. The van der Waals surface area contributed by atoms with Crippen LogP contribution < -0.4 is 11.1 Å². The van der Waals surface area contributed by atoms with Crippen LogP contribution in [0.25, 0.3) is 6.08 Å². The van der Waals surface area contributed by atoms with Crippen molar-refractivity contribution in [3.63, 3.8) is 0 Å². The molecule has 0 aliphatic carbocycles. The predicted molar refractivity (Wildman–Crippen MR) is 84.4 cm³/mol. The summed E-state index contributed by atoms with van der Waals surface area (Å²) in [7, 11) is 0. The van der Waals surface area contributed by atoms with Crippen molar-refractivity contribution in [2.45, 2.75) is 13.8 Å². The zero-order valence-corrected chi connectivity index (χ0v) is 11.7. The van der Waals surface area contributed by atoms with Gasteiger partial charge in [-0.15, -0.1) is 0 Å². The fraction of sp³-hybridized carbons (Fsp3) is 0.118. The van der Waals surface area contributed by atoms with Crippen molar-refractivity contribution < 1.29 is 4.79 Å². The smallest absolute Gasteiger partial charge is 0.248 e. The molecule has 2 aromatic carbocycles. The third-order valence-corrected chi connectivity index (χ3v) is 3.11. The predicted octanol–water partition coefficient (Wildman–Crippen LogP) is 3.54. The van der Waals surface area contributed by atoms with Crippen molar-refractivity contribution in [1.29, 1.82) is 0 Å². The first-order valence-electron chi connectivity index (χ1n) is 6.46. The Morgan fingerprint density at radius 2 is 1.90 bits per heavy atom. The molecule has 0 fully saturated rings. The summed E-state index contributed by atoms with van der Waals surface area (Å²) in [5.41, 5.74) is 10.4. The minimum atomic E-state index is -0.157. The van der Waals surface area contributed by atoms with Crippen molar-refractivity contribution in [3.8, 4) is 0 Å². The SMILES string of the molecule is Cc1ccc(NC(=O)/C=C/c2cccc(N)c2)cc1C. The van der Waals surface area contributed by atoms with E-state index in [2.05, 4.69) is 5.32 Å². The van der Waals surface area contributed by atoms with E-state index in [-0.39, 0.29) is 5.91 Å². The molecule has 0 saturated heterocycles. The fourth-order valence-electron chi connectivity index (χ4n) is 1.84. The van der Waals surface area contributed by atoms with Crippen LogP contribution in [0.5, 0.6) is 0 Å².